The molecule has 0 aliphatic carbocycles. The molecule has 1 aromatic heterocycles. The van der Waals surface area contributed by atoms with E-state index in [0.717, 1.165) is 15.0 Å². The van der Waals surface area contributed by atoms with Crippen LogP contribution >= 0.6 is 11.6 Å². The molecule has 0 spiro atoms. The number of amides is 1. The number of hydrogen-bond donors (Lipinski definition) is 2. The van der Waals surface area contributed by atoms with Crippen molar-refractivity contribution in [1.82, 2.24) is 9.55 Å². The molecule has 1 heterocycles. The van der Waals surface area contributed by atoms with Crippen molar-refractivity contribution >= 4 is 35.0 Å². The van der Waals surface area contributed by atoms with E-state index in [0.29, 0.717) is 10.6 Å². The summed E-state index contributed by atoms with van der Waals surface area (Å²) in [5.41, 5.74) is 5.80. The normalized spacial score (nSPS) is 10.6. The quantitative estimate of drug-likeness (QED) is 0.519. The highest BCUT2D eigenvalue weighted by Crippen LogP contribution is 2.17. The number of carbonyl (C=O) groups excluding carboxylic acids is 2. The fourth-order valence-corrected chi connectivity index (χ4v) is 3.13. The number of aromatic amines is 1. The zero-order valence-electron chi connectivity index (χ0n) is 17.2. The average molecular weight is 457 g/mol. The lowest BCUT2D eigenvalue weighted by Gasteiger charge is -2.20. The molecule has 166 valence electrons. The van der Waals surface area contributed by atoms with Gasteiger partial charge in [-0.25, -0.2) is 4.79 Å². The number of halogens is 1. The van der Waals surface area contributed by atoms with Crippen LogP contribution in [0.3, 0.4) is 0 Å². The van der Waals surface area contributed by atoms with Crippen molar-refractivity contribution < 1.29 is 14.3 Å². The maximum atomic E-state index is 12.5. The minimum absolute atomic E-state index is 0.0428. The van der Waals surface area contributed by atoms with Crippen LogP contribution in [0.5, 0.6) is 0 Å². The monoisotopic (exact) mass is 456 g/mol. The second kappa shape index (κ2) is 9.97. The van der Waals surface area contributed by atoms with Gasteiger partial charge in [0.25, 0.3) is 11.5 Å². The van der Waals surface area contributed by atoms with Crippen molar-refractivity contribution in [3.8, 4) is 0 Å². The maximum absolute atomic E-state index is 12.5. The molecule has 3 rings (SSSR count). The van der Waals surface area contributed by atoms with E-state index < -0.39 is 29.7 Å². The van der Waals surface area contributed by atoms with Gasteiger partial charge < -0.3 is 15.4 Å². The van der Waals surface area contributed by atoms with Gasteiger partial charge >= 0.3 is 11.7 Å². The summed E-state index contributed by atoms with van der Waals surface area (Å²) in [5.74, 6) is -1.48. The number of ether oxygens (including phenoxy) is 1. The van der Waals surface area contributed by atoms with Crippen LogP contribution in [0.1, 0.15) is 11.1 Å². The van der Waals surface area contributed by atoms with Crippen LogP contribution < -0.4 is 21.9 Å². The van der Waals surface area contributed by atoms with Gasteiger partial charge in [0, 0.05) is 12.1 Å². The van der Waals surface area contributed by atoms with Crippen molar-refractivity contribution in [3.05, 3.63) is 91.6 Å². The van der Waals surface area contributed by atoms with Crippen molar-refractivity contribution in [2.24, 2.45) is 0 Å². The second-order valence-corrected chi connectivity index (χ2v) is 7.42. The molecule has 0 aliphatic rings. The number of anilines is 2. The molecule has 0 saturated carbocycles. The molecule has 0 bridgehead atoms. The van der Waals surface area contributed by atoms with Gasteiger partial charge in [-0.05, 0) is 23.3 Å². The molecule has 0 aliphatic heterocycles. The fourth-order valence-electron chi connectivity index (χ4n) is 3.01. The summed E-state index contributed by atoms with van der Waals surface area (Å²) in [6, 6.07) is 15.7. The number of nitrogen functional groups attached to an aromatic ring is 1. The second-order valence-electron chi connectivity index (χ2n) is 6.98. The fraction of sp³-hybridized carbons (Fsp3) is 0.182. The molecule has 0 saturated heterocycles. The summed E-state index contributed by atoms with van der Waals surface area (Å²) in [5, 5.41) is 0.537. The van der Waals surface area contributed by atoms with Gasteiger partial charge in [-0.3, -0.25) is 23.9 Å². The minimum Gasteiger partial charge on any atom is -0.455 e. The van der Waals surface area contributed by atoms with Crippen LogP contribution in [0.2, 0.25) is 5.02 Å². The van der Waals surface area contributed by atoms with Gasteiger partial charge in [0.05, 0.1) is 13.0 Å². The molecule has 3 aromatic rings. The van der Waals surface area contributed by atoms with Crippen LogP contribution in [-0.2, 0) is 27.3 Å². The Morgan fingerprint density at radius 1 is 1.06 bits per heavy atom. The van der Waals surface area contributed by atoms with Gasteiger partial charge in [-0.2, -0.15) is 0 Å². The molecule has 10 heteroatoms. The van der Waals surface area contributed by atoms with Crippen LogP contribution in [-0.4, -0.2) is 35.1 Å². The van der Waals surface area contributed by atoms with Crippen LogP contribution in [0.15, 0.2) is 64.2 Å². The third-order valence-corrected chi connectivity index (χ3v) is 4.98. The molecule has 0 fully saturated rings. The SMILES string of the molecule is CN(C(=O)COC(=O)Cc1ccc(Cl)cc1)c1c(N)n(Cc2ccccc2)c(=O)[nH]c1=O. The lowest BCUT2D eigenvalue weighted by molar-refractivity contribution is -0.147. The number of benzene rings is 2. The van der Waals surface area contributed by atoms with Gasteiger partial charge in [0.2, 0.25) is 0 Å². The summed E-state index contributed by atoms with van der Waals surface area (Å²) in [4.78, 5) is 52.3. The Bertz CT molecular complexity index is 1240. The number of nitrogens with two attached hydrogens (primary N) is 1. The van der Waals surface area contributed by atoms with Crippen molar-refractivity contribution in [2.75, 3.05) is 24.3 Å². The van der Waals surface area contributed by atoms with Crippen molar-refractivity contribution in [3.63, 3.8) is 0 Å². The van der Waals surface area contributed by atoms with Crippen LogP contribution in [0.25, 0.3) is 0 Å². The molecule has 3 N–H and O–H groups in total. The number of H-pyrrole nitrogens is 1. The molecule has 0 atom stereocenters. The van der Waals surface area contributed by atoms with Crippen molar-refractivity contribution in [1.29, 1.82) is 0 Å². The zero-order chi connectivity index (χ0) is 23.3. The summed E-state index contributed by atoms with van der Waals surface area (Å²) in [6.45, 7) is -0.493. The van der Waals surface area contributed by atoms with E-state index in [1.54, 1.807) is 48.5 Å². The highest BCUT2D eigenvalue weighted by Gasteiger charge is 2.22. The van der Waals surface area contributed by atoms with E-state index in [9.17, 15) is 19.2 Å². The number of aromatic nitrogens is 2. The first-order valence-corrected chi connectivity index (χ1v) is 9.97. The Morgan fingerprint density at radius 2 is 1.72 bits per heavy atom. The Kier molecular flexibility index (Phi) is 7.11. The third-order valence-electron chi connectivity index (χ3n) is 4.73. The Labute approximate surface area is 188 Å². The first kappa shape index (κ1) is 22.8. The smallest absolute Gasteiger partial charge is 0.330 e. The van der Waals surface area contributed by atoms with Crippen LogP contribution in [0.4, 0.5) is 11.5 Å². The molecule has 2 aromatic carbocycles. The van der Waals surface area contributed by atoms with E-state index >= 15 is 0 Å². The van der Waals surface area contributed by atoms with Gasteiger partial charge in [-0.1, -0.05) is 54.1 Å². The molecule has 1 amide bonds. The standard InChI is InChI=1S/C22H21ClN4O5/c1-26(17(28)13-32-18(29)11-14-7-9-16(23)10-8-14)19-20(24)27(22(31)25-21(19)30)12-15-5-3-2-4-6-15/h2-10H,11-13,24H2,1H3,(H,25,30,31). The molecular formula is C22H21ClN4O5. The summed E-state index contributed by atoms with van der Waals surface area (Å²) >= 11 is 5.81. The van der Waals surface area contributed by atoms with E-state index in [1.165, 1.54) is 7.05 Å². The Hall–Kier alpha value is -3.85. The first-order valence-electron chi connectivity index (χ1n) is 9.59. The summed E-state index contributed by atoms with van der Waals surface area (Å²) in [7, 11) is 1.31. The minimum atomic E-state index is -0.819. The summed E-state index contributed by atoms with van der Waals surface area (Å²) < 4.78 is 6.18. The highest BCUT2D eigenvalue weighted by atomic mass is 35.5. The number of nitrogens with one attached hydrogen (secondary N) is 1. The highest BCUT2D eigenvalue weighted by molar-refractivity contribution is 6.30. The Balaban J connectivity index is 1.72. The molecule has 32 heavy (non-hydrogen) atoms. The topological polar surface area (TPSA) is 127 Å². The van der Waals surface area contributed by atoms with E-state index in [4.69, 9.17) is 22.1 Å². The van der Waals surface area contributed by atoms with E-state index in [1.807, 2.05) is 6.07 Å². The lowest BCUT2D eigenvalue weighted by atomic mass is 10.1. The van der Waals surface area contributed by atoms with E-state index in [2.05, 4.69) is 4.98 Å². The third kappa shape index (κ3) is 5.44. The summed E-state index contributed by atoms with van der Waals surface area (Å²) in [6.07, 6.45) is -0.0428. The predicted molar refractivity (Wildman–Crippen MR) is 121 cm³/mol. The number of carbonyl (C=O) groups is 2. The van der Waals surface area contributed by atoms with Gasteiger partial charge in [-0.15, -0.1) is 0 Å². The largest absolute Gasteiger partial charge is 0.455 e. The Morgan fingerprint density at radius 3 is 2.38 bits per heavy atom. The van der Waals surface area contributed by atoms with E-state index in [-0.39, 0.29) is 24.5 Å². The van der Waals surface area contributed by atoms with Gasteiger partial charge in [0.1, 0.15) is 5.82 Å². The first-order chi connectivity index (χ1) is 15.3. The zero-order valence-corrected chi connectivity index (χ0v) is 18.0. The number of likely N-dealkylation sites (N-methyl/N-ethyl adjacent to an activating group) is 1. The number of hydrogen-bond acceptors (Lipinski definition) is 6. The molecule has 0 unspecified atom stereocenters. The van der Waals surface area contributed by atoms with Crippen molar-refractivity contribution in [2.45, 2.75) is 13.0 Å². The maximum Gasteiger partial charge on any atom is 0.330 e. The molecular weight excluding hydrogens is 436 g/mol. The van der Waals surface area contributed by atoms with Gasteiger partial charge in [0.15, 0.2) is 12.3 Å². The molecule has 0 radical (unpaired) electrons. The molecule has 9 nitrogen and oxygen atoms in total. The average Bonchev–Trinajstić information content (AvgIpc) is 2.77. The predicted octanol–water partition coefficient (Wildman–Crippen LogP) is 1.57. The lowest BCUT2D eigenvalue weighted by Crippen LogP contribution is -2.40. The number of esters is 1. The number of rotatable bonds is 7. The van der Waals surface area contributed by atoms with Crippen LogP contribution in [0, 0.1) is 0 Å². The number of nitrogens with zero attached hydrogens (tertiary/aromatic N) is 2.